The zero-order valence-corrected chi connectivity index (χ0v) is 11.5. The second kappa shape index (κ2) is 4.49. The Balaban J connectivity index is 2.61. The van der Waals surface area contributed by atoms with Crippen molar-refractivity contribution in [3.8, 4) is 5.75 Å². The van der Waals surface area contributed by atoms with Gasteiger partial charge in [-0.3, -0.25) is 0 Å². The van der Waals surface area contributed by atoms with Crippen molar-refractivity contribution >= 4 is 0 Å². The molecule has 0 aliphatic heterocycles. The van der Waals surface area contributed by atoms with Crippen molar-refractivity contribution in [2.75, 3.05) is 0 Å². The van der Waals surface area contributed by atoms with Crippen molar-refractivity contribution in [2.45, 2.75) is 33.1 Å². The molecule has 0 aromatic heterocycles. The third-order valence-corrected chi connectivity index (χ3v) is 3.64. The van der Waals surface area contributed by atoms with Gasteiger partial charge in [0.05, 0.1) is 0 Å². The van der Waals surface area contributed by atoms with Crippen molar-refractivity contribution in [1.29, 1.82) is 0 Å². The molecule has 18 heavy (non-hydrogen) atoms. The number of rotatable bonds is 2. The molecule has 0 saturated heterocycles. The van der Waals surface area contributed by atoms with Crippen LogP contribution in [-0.2, 0) is 5.41 Å². The highest BCUT2D eigenvalue weighted by Gasteiger charge is 2.26. The Kier molecular flexibility index (Phi) is 3.16. The minimum Gasteiger partial charge on any atom is -0.508 e. The van der Waals surface area contributed by atoms with Crippen molar-refractivity contribution < 1.29 is 5.11 Å². The average Bonchev–Trinajstić information content (AvgIpc) is 2.28. The van der Waals surface area contributed by atoms with Crippen LogP contribution in [0.4, 0.5) is 0 Å². The van der Waals surface area contributed by atoms with Crippen molar-refractivity contribution in [3.63, 3.8) is 0 Å². The largest absolute Gasteiger partial charge is 0.508 e. The van der Waals surface area contributed by atoms with Gasteiger partial charge in [0.25, 0.3) is 0 Å². The van der Waals surface area contributed by atoms with E-state index in [1.165, 1.54) is 11.1 Å². The smallest absolute Gasteiger partial charge is 0.116 e. The summed E-state index contributed by atoms with van der Waals surface area (Å²) in [5.41, 5.74) is 4.82. The molecule has 94 valence electrons. The lowest BCUT2D eigenvalue weighted by Gasteiger charge is -2.30. The van der Waals surface area contributed by atoms with E-state index in [0.717, 1.165) is 11.1 Å². The summed E-state index contributed by atoms with van der Waals surface area (Å²) >= 11 is 0. The predicted octanol–water partition coefficient (Wildman–Crippen LogP) is 4.33. The molecule has 0 radical (unpaired) electrons. The minimum absolute atomic E-state index is 0.0525. The van der Waals surface area contributed by atoms with Crippen LogP contribution < -0.4 is 0 Å². The number of benzene rings is 2. The number of hydrogen-bond acceptors (Lipinski definition) is 1. The Morgan fingerprint density at radius 2 is 1.39 bits per heavy atom. The monoisotopic (exact) mass is 240 g/mol. The van der Waals surface area contributed by atoms with Gasteiger partial charge >= 0.3 is 0 Å². The summed E-state index contributed by atoms with van der Waals surface area (Å²) in [5.74, 6) is 0.345. The maximum Gasteiger partial charge on any atom is 0.116 e. The summed E-state index contributed by atoms with van der Waals surface area (Å²) in [4.78, 5) is 0. The van der Waals surface area contributed by atoms with Crippen LogP contribution in [0.15, 0.2) is 42.5 Å². The summed E-state index contributed by atoms with van der Waals surface area (Å²) < 4.78 is 0. The van der Waals surface area contributed by atoms with Crippen LogP contribution in [0.3, 0.4) is 0 Å². The van der Waals surface area contributed by atoms with Crippen molar-refractivity contribution in [2.24, 2.45) is 0 Å². The highest BCUT2D eigenvalue weighted by atomic mass is 16.3. The van der Waals surface area contributed by atoms with Gasteiger partial charge in [0.15, 0.2) is 0 Å². The molecule has 0 amide bonds. The number of phenols is 1. The summed E-state index contributed by atoms with van der Waals surface area (Å²) in [7, 11) is 0. The quantitative estimate of drug-likeness (QED) is 0.828. The Hall–Kier alpha value is -1.76. The van der Waals surface area contributed by atoms with Gasteiger partial charge in [0, 0.05) is 5.41 Å². The van der Waals surface area contributed by atoms with E-state index in [1.807, 2.05) is 18.2 Å². The van der Waals surface area contributed by atoms with Crippen LogP contribution in [0.25, 0.3) is 0 Å². The van der Waals surface area contributed by atoms with Gasteiger partial charge in [-0.2, -0.15) is 0 Å². The number of hydrogen-bond donors (Lipinski definition) is 1. The van der Waals surface area contributed by atoms with E-state index in [2.05, 4.69) is 52.0 Å². The highest BCUT2D eigenvalue weighted by Crippen LogP contribution is 2.37. The fraction of sp³-hybridized carbons (Fsp3) is 0.294. The molecule has 0 saturated carbocycles. The second-order valence-corrected chi connectivity index (χ2v) is 5.45. The molecule has 0 aliphatic rings. The van der Waals surface area contributed by atoms with Crippen LogP contribution >= 0.6 is 0 Å². The summed E-state index contributed by atoms with van der Waals surface area (Å²) in [6, 6.07) is 14.2. The third-order valence-electron chi connectivity index (χ3n) is 3.64. The molecule has 0 heterocycles. The summed E-state index contributed by atoms with van der Waals surface area (Å²) in [5, 5.41) is 9.65. The van der Waals surface area contributed by atoms with Gasteiger partial charge in [-0.1, -0.05) is 44.2 Å². The van der Waals surface area contributed by atoms with Gasteiger partial charge in [0.2, 0.25) is 0 Å². The van der Waals surface area contributed by atoms with E-state index in [4.69, 9.17) is 0 Å². The number of aromatic hydroxyl groups is 1. The Morgan fingerprint density at radius 3 is 1.89 bits per heavy atom. The van der Waals surface area contributed by atoms with E-state index < -0.39 is 0 Å². The molecule has 1 N–H and O–H groups in total. The Morgan fingerprint density at radius 1 is 0.889 bits per heavy atom. The fourth-order valence-electron chi connectivity index (χ4n) is 2.93. The third kappa shape index (κ3) is 2.13. The van der Waals surface area contributed by atoms with Crippen LogP contribution in [0.5, 0.6) is 5.75 Å². The van der Waals surface area contributed by atoms with Gasteiger partial charge in [-0.05, 0) is 48.2 Å². The van der Waals surface area contributed by atoms with Crippen molar-refractivity contribution in [3.05, 3.63) is 64.7 Å². The molecule has 0 atom stereocenters. The number of phenolic OH excluding ortho intramolecular Hbond substituents is 1. The SMILES string of the molecule is Cc1cc(O)cc(C)c1C(C)(C)c1ccccc1. The molecule has 0 aliphatic carbocycles. The molecule has 1 heteroatoms. The topological polar surface area (TPSA) is 20.2 Å². The molecule has 2 aromatic carbocycles. The Labute approximate surface area is 109 Å². The molecule has 2 aromatic rings. The van der Waals surface area contributed by atoms with E-state index in [-0.39, 0.29) is 5.41 Å². The molecule has 2 rings (SSSR count). The van der Waals surface area contributed by atoms with Crippen LogP contribution in [0.2, 0.25) is 0 Å². The first kappa shape index (κ1) is 12.7. The lowest BCUT2D eigenvalue weighted by molar-refractivity contribution is 0.473. The molecular weight excluding hydrogens is 220 g/mol. The zero-order chi connectivity index (χ0) is 13.3. The summed E-state index contributed by atoms with van der Waals surface area (Å²) in [6.45, 7) is 8.59. The first-order valence-corrected chi connectivity index (χ1v) is 6.29. The summed E-state index contributed by atoms with van der Waals surface area (Å²) in [6.07, 6.45) is 0. The predicted molar refractivity (Wildman–Crippen MR) is 76.2 cm³/mol. The molecule has 0 unspecified atom stereocenters. The molecule has 0 spiro atoms. The van der Waals surface area contributed by atoms with Crippen LogP contribution in [-0.4, -0.2) is 5.11 Å². The normalized spacial score (nSPS) is 11.6. The van der Waals surface area contributed by atoms with Crippen LogP contribution in [0.1, 0.15) is 36.1 Å². The fourth-order valence-corrected chi connectivity index (χ4v) is 2.93. The highest BCUT2D eigenvalue weighted by molar-refractivity contribution is 5.49. The Bertz CT molecular complexity index is 530. The van der Waals surface area contributed by atoms with Gasteiger partial charge in [0.1, 0.15) is 5.75 Å². The zero-order valence-electron chi connectivity index (χ0n) is 11.5. The van der Waals surface area contributed by atoms with Gasteiger partial charge in [-0.15, -0.1) is 0 Å². The first-order chi connectivity index (χ1) is 8.43. The lowest BCUT2D eigenvalue weighted by Crippen LogP contribution is -2.21. The van der Waals surface area contributed by atoms with E-state index in [9.17, 15) is 5.11 Å². The molecule has 1 nitrogen and oxygen atoms in total. The first-order valence-electron chi connectivity index (χ1n) is 6.29. The van der Waals surface area contributed by atoms with Crippen molar-refractivity contribution in [1.82, 2.24) is 0 Å². The van der Waals surface area contributed by atoms with Gasteiger partial charge < -0.3 is 5.11 Å². The van der Waals surface area contributed by atoms with Crippen LogP contribution in [0, 0.1) is 13.8 Å². The standard InChI is InChI=1S/C17H20O/c1-12-10-15(18)11-13(2)16(12)17(3,4)14-8-6-5-7-9-14/h5-11,18H,1-4H3. The molecule has 0 fully saturated rings. The van der Waals surface area contributed by atoms with E-state index in [1.54, 1.807) is 0 Å². The van der Waals surface area contributed by atoms with Gasteiger partial charge in [-0.25, -0.2) is 0 Å². The minimum atomic E-state index is -0.0525. The maximum absolute atomic E-state index is 9.65. The maximum atomic E-state index is 9.65. The lowest BCUT2D eigenvalue weighted by atomic mass is 9.74. The average molecular weight is 240 g/mol. The molecule has 0 bridgehead atoms. The number of aryl methyl sites for hydroxylation is 2. The second-order valence-electron chi connectivity index (χ2n) is 5.45. The van der Waals surface area contributed by atoms with E-state index in [0.29, 0.717) is 5.75 Å². The van der Waals surface area contributed by atoms with E-state index >= 15 is 0 Å². The molecular formula is C17H20O.